The summed E-state index contributed by atoms with van der Waals surface area (Å²) in [5.74, 6) is 0. The van der Waals surface area contributed by atoms with Gasteiger partial charge in [-0.25, -0.2) is 5.01 Å². The smallest absolute Gasteiger partial charge is 0.0520 e. The van der Waals surface area contributed by atoms with E-state index in [9.17, 15) is 0 Å². The first-order valence-electron chi connectivity index (χ1n) is 3.68. The molecule has 0 N–H and O–H groups in total. The summed E-state index contributed by atoms with van der Waals surface area (Å²) < 4.78 is 0. The Kier molecular flexibility index (Phi) is 3.33. The first-order valence-corrected chi connectivity index (χ1v) is 3.68. The normalized spacial score (nSPS) is 11.4. The Morgan fingerprint density at radius 1 is 1.18 bits per heavy atom. The summed E-state index contributed by atoms with van der Waals surface area (Å²) in [6.45, 7) is 11.6. The SMILES string of the molecule is C=CN(C)N(C)C(C)(C)C=C. The molecule has 0 amide bonds. The number of nitrogens with zero attached hydrogens (tertiary/aromatic N) is 2. The van der Waals surface area contributed by atoms with E-state index in [1.165, 1.54) is 0 Å². The molecule has 0 heterocycles. The molecule has 0 aliphatic heterocycles. The van der Waals surface area contributed by atoms with Gasteiger partial charge in [-0.2, -0.15) is 0 Å². The Bertz CT molecular complexity index is 150. The topological polar surface area (TPSA) is 6.48 Å². The third-order valence-corrected chi connectivity index (χ3v) is 2.07. The zero-order valence-corrected chi connectivity index (χ0v) is 7.96. The van der Waals surface area contributed by atoms with Crippen molar-refractivity contribution in [1.82, 2.24) is 10.0 Å². The lowest BCUT2D eigenvalue weighted by molar-refractivity contribution is 0.00751. The summed E-state index contributed by atoms with van der Waals surface area (Å²) in [6.07, 6.45) is 3.68. The third-order valence-electron chi connectivity index (χ3n) is 2.07. The second kappa shape index (κ2) is 3.58. The van der Waals surface area contributed by atoms with E-state index in [-0.39, 0.29) is 5.54 Å². The fraction of sp³-hybridized carbons (Fsp3) is 0.556. The van der Waals surface area contributed by atoms with Crippen LogP contribution in [-0.2, 0) is 0 Å². The van der Waals surface area contributed by atoms with Crippen LogP contribution in [0, 0.1) is 0 Å². The summed E-state index contributed by atoms with van der Waals surface area (Å²) in [6, 6.07) is 0. The zero-order chi connectivity index (χ0) is 9.07. The van der Waals surface area contributed by atoms with E-state index < -0.39 is 0 Å². The van der Waals surface area contributed by atoms with E-state index in [0.717, 1.165) is 0 Å². The molecule has 0 aromatic heterocycles. The molecule has 11 heavy (non-hydrogen) atoms. The number of rotatable bonds is 4. The second-order valence-electron chi connectivity index (χ2n) is 3.14. The van der Waals surface area contributed by atoms with Crippen LogP contribution in [0.15, 0.2) is 25.4 Å². The highest BCUT2D eigenvalue weighted by atomic mass is 15.6. The molecular weight excluding hydrogens is 136 g/mol. The Balaban J connectivity index is 4.32. The van der Waals surface area contributed by atoms with Gasteiger partial charge in [0, 0.05) is 20.3 Å². The van der Waals surface area contributed by atoms with E-state index in [0.29, 0.717) is 0 Å². The molecule has 0 radical (unpaired) electrons. The number of hydrogen-bond donors (Lipinski definition) is 0. The molecule has 0 saturated carbocycles. The van der Waals surface area contributed by atoms with Gasteiger partial charge in [-0.15, -0.1) is 6.58 Å². The summed E-state index contributed by atoms with van der Waals surface area (Å²) in [7, 11) is 3.96. The Morgan fingerprint density at radius 3 is 1.91 bits per heavy atom. The lowest BCUT2D eigenvalue weighted by Crippen LogP contribution is -2.46. The van der Waals surface area contributed by atoms with Crippen LogP contribution < -0.4 is 0 Å². The number of hydrazine groups is 1. The van der Waals surface area contributed by atoms with Crippen molar-refractivity contribution in [2.45, 2.75) is 19.4 Å². The molecular formula is C9H18N2. The van der Waals surface area contributed by atoms with Gasteiger partial charge in [0.15, 0.2) is 0 Å². The van der Waals surface area contributed by atoms with Crippen LogP contribution in [0.25, 0.3) is 0 Å². The molecule has 0 spiro atoms. The van der Waals surface area contributed by atoms with Gasteiger partial charge in [0.1, 0.15) is 0 Å². The van der Waals surface area contributed by atoms with Gasteiger partial charge < -0.3 is 5.01 Å². The fourth-order valence-electron chi connectivity index (χ4n) is 0.661. The van der Waals surface area contributed by atoms with Crippen LogP contribution in [0.5, 0.6) is 0 Å². The van der Waals surface area contributed by atoms with Crippen molar-refractivity contribution in [1.29, 1.82) is 0 Å². The average molecular weight is 154 g/mol. The molecule has 0 fully saturated rings. The molecule has 0 aliphatic carbocycles. The van der Waals surface area contributed by atoms with Gasteiger partial charge in [0.25, 0.3) is 0 Å². The summed E-state index contributed by atoms with van der Waals surface area (Å²) >= 11 is 0. The highest BCUT2D eigenvalue weighted by molar-refractivity contribution is 4.95. The zero-order valence-electron chi connectivity index (χ0n) is 7.96. The summed E-state index contributed by atoms with van der Waals surface area (Å²) in [5.41, 5.74) is -0.0249. The maximum atomic E-state index is 3.77. The molecule has 0 atom stereocenters. The van der Waals surface area contributed by atoms with Crippen molar-refractivity contribution in [3.05, 3.63) is 25.4 Å². The van der Waals surface area contributed by atoms with Crippen molar-refractivity contribution >= 4 is 0 Å². The minimum atomic E-state index is -0.0249. The first kappa shape index (κ1) is 10.2. The van der Waals surface area contributed by atoms with Gasteiger partial charge >= 0.3 is 0 Å². The highest BCUT2D eigenvalue weighted by Crippen LogP contribution is 2.14. The molecule has 0 aromatic rings. The highest BCUT2D eigenvalue weighted by Gasteiger charge is 2.20. The fourth-order valence-corrected chi connectivity index (χ4v) is 0.661. The molecule has 0 saturated heterocycles. The van der Waals surface area contributed by atoms with E-state index in [1.807, 2.05) is 25.2 Å². The largest absolute Gasteiger partial charge is 0.316 e. The summed E-state index contributed by atoms with van der Waals surface area (Å²) in [4.78, 5) is 0. The predicted molar refractivity (Wildman–Crippen MR) is 50.0 cm³/mol. The molecule has 0 unspecified atom stereocenters. The number of likely N-dealkylation sites (N-methyl/N-ethyl adjacent to an activating group) is 1. The van der Waals surface area contributed by atoms with Gasteiger partial charge in [0.2, 0.25) is 0 Å². The van der Waals surface area contributed by atoms with Crippen LogP contribution >= 0.6 is 0 Å². The lowest BCUT2D eigenvalue weighted by Gasteiger charge is -2.38. The maximum absolute atomic E-state index is 3.77. The predicted octanol–water partition coefficient (Wildman–Crippen LogP) is 1.87. The lowest BCUT2D eigenvalue weighted by atomic mass is 10.1. The quantitative estimate of drug-likeness (QED) is 0.450. The van der Waals surface area contributed by atoms with Crippen LogP contribution in [0.4, 0.5) is 0 Å². The minimum Gasteiger partial charge on any atom is -0.316 e. The standard InChI is InChI=1S/C9H18N2/c1-7-9(3,4)11(6)10(5)8-2/h7-8H,1-2H2,3-6H3. The van der Waals surface area contributed by atoms with Crippen molar-refractivity contribution in [3.63, 3.8) is 0 Å². The average Bonchev–Trinajstić information content (AvgIpc) is 2.01. The monoisotopic (exact) mass is 154 g/mol. The second-order valence-corrected chi connectivity index (χ2v) is 3.14. The molecule has 2 heteroatoms. The van der Waals surface area contributed by atoms with E-state index in [1.54, 1.807) is 6.20 Å². The maximum Gasteiger partial charge on any atom is 0.0520 e. The molecule has 0 rings (SSSR count). The molecule has 64 valence electrons. The van der Waals surface area contributed by atoms with Gasteiger partial charge in [0.05, 0.1) is 5.54 Å². The Hall–Kier alpha value is -0.760. The van der Waals surface area contributed by atoms with Crippen LogP contribution in [-0.4, -0.2) is 29.7 Å². The van der Waals surface area contributed by atoms with Gasteiger partial charge in [-0.1, -0.05) is 12.7 Å². The van der Waals surface area contributed by atoms with Gasteiger partial charge in [-0.05, 0) is 13.8 Å². The Labute approximate surface area is 69.8 Å². The molecule has 2 nitrogen and oxygen atoms in total. The Morgan fingerprint density at radius 2 is 1.64 bits per heavy atom. The van der Waals surface area contributed by atoms with Crippen LogP contribution in [0.3, 0.4) is 0 Å². The summed E-state index contributed by atoms with van der Waals surface area (Å²) in [5, 5.41) is 3.99. The van der Waals surface area contributed by atoms with Crippen molar-refractivity contribution in [2.75, 3.05) is 14.1 Å². The van der Waals surface area contributed by atoms with E-state index in [4.69, 9.17) is 0 Å². The molecule has 0 bridgehead atoms. The third kappa shape index (κ3) is 2.39. The van der Waals surface area contributed by atoms with E-state index >= 15 is 0 Å². The molecule has 0 aromatic carbocycles. The minimum absolute atomic E-state index is 0.0249. The van der Waals surface area contributed by atoms with Crippen molar-refractivity contribution in [3.8, 4) is 0 Å². The van der Waals surface area contributed by atoms with Crippen LogP contribution in [0.2, 0.25) is 0 Å². The van der Waals surface area contributed by atoms with Crippen molar-refractivity contribution in [2.24, 2.45) is 0 Å². The first-order chi connectivity index (χ1) is 4.95. The van der Waals surface area contributed by atoms with E-state index in [2.05, 4.69) is 32.0 Å². The van der Waals surface area contributed by atoms with Gasteiger partial charge in [-0.3, -0.25) is 0 Å². The molecule has 0 aliphatic rings. The number of hydrogen-bond acceptors (Lipinski definition) is 2. The van der Waals surface area contributed by atoms with Crippen LogP contribution in [0.1, 0.15) is 13.8 Å². The van der Waals surface area contributed by atoms with Crippen molar-refractivity contribution < 1.29 is 0 Å².